The van der Waals surface area contributed by atoms with Gasteiger partial charge >= 0.3 is 0 Å². The summed E-state index contributed by atoms with van der Waals surface area (Å²) in [6.07, 6.45) is 0. The molecule has 2 aromatic rings. The summed E-state index contributed by atoms with van der Waals surface area (Å²) >= 11 is 0. The Hall–Kier alpha value is -2.01. The summed E-state index contributed by atoms with van der Waals surface area (Å²) in [5.41, 5.74) is 0.865. The fourth-order valence-corrected chi connectivity index (χ4v) is 1.87. The lowest BCUT2D eigenvalue weighted by Crippen LogP contribution is -2.19. The van der Waals surface area contributed by atoms with Crippen molar-refractivity contribution in [3.63, 3.8) is 0 Å². The second-order valence-electron chi connectivity index (χ2n) is 4.56. The molecule has 2 rings (SSSR count). The van der Waals surface area contributed by atoms with Crippen molar-refractivity contribution in [1.82, 2.24) is 5.32 Å². The predicted molar refractivity (Wildman–Crippen MR) is 69.7 cm³/mol. The highest BCUT2D eigenvalue weighted by atomic mass is 19.2. The first-order chi connectivity index (χ1) is 9.47. The molecule has 106 valence electrons. The van der Waals surface area contributed by atoms with Crippen molar-refractivity contribution >= 4 is 0 Å². The summed E-state index contributed by atoms with van der Waals surface area (Å²) < 4.78 is 39.3. The number of halogens is 3. The summed E-state index contributed by atoms with van der Waals surface area (Å²) in [6.45, 7) is 1.88. The van der Waals surface area contributed by atoms with E-state index in [2.05, 4.69) is 5.32 Å². The zero-order chi connectivity index (χ0) is 14.7. The van der Waals surface area contributed by atoms with Gasteiger partial charge in [-0.1, -0.05) is 12.1 Å². The zero-order valence-corrected chi connectivity index (χ0v) is 10.8. The van der Waals surface area contributed by atoms with Gasteiger partial charge in [0.25, 0.3) is 0 Å². The van der Waals surface area contributed by atoms with Gasteiger partial charge in [-0.2, -0.15) is 0 Å². The van der Waals surface area contributed by atoms with Crippen LogP contribution in [0.3, 0.4) is 0 Å². The van der Waals surface area contributed by atoms with Crippen LogP contribution in [0.25, 0.3) is 0 Å². The Balaban J connectivity index is 2.07. The van der Waals surface area contributed by atoms with Gasteiger partial charge in [0.2, 0.25) is 0 Å². The number of benzene rings is 2. The lowest BCUT2D eigenvalue weighted by Gasteiger charge is -2.15. The van der Waals surface area contributed by atoms with E-state index in [0.29, 0.717) is 6.07 Å². The first-order valence-corrected chi connectivity index (χ1v) is 6.13. The average Bonchev–Trinajstić information content (AvgIpc) is 2.41. The maximum absolute atomic E-state index is 13.5. The normalized spacial score (nSPS) is 12.4. The average molecular weight is 281 g/mol. The third-order valence-corrected chi connectivity index (χ3v) is 3.06. The molecule has 0 bridgehead atoms. The van der Waals surface area contributed by atoms with E-state index < -0.39 is 17.5 Å². The third kappa shape index (κ3) is 3.30. The Morgan fingerprint density at radius 2 is 1.75 bits per heavy atom. The summed E-state index contributed by atoms with van der Waals surface area (Å²) in [4.78, 5) is 0. The highest BCUT2D eigenvalue weighted by Gasteiger charge is 2.11. The fourth-order valence-electron chi connectivity index (χ4n) is 1.87. The van der Waals surface area contributed by atoms with Crippen LogP contribution in [0.2, 0.25) is 0 Å². The molecule has 0 aliphatic rings. The van der Waals surface area contributed by atoms with Gasteiger partial charge in [-0.05, 0) is 30.7 Å². The zero-order valence-electron chi connectivity index (χ0n) is 10.8. The van der Waals surface area contributed by atoms with Crippen molar-refractivity contribution in [2.45, 2.75) is 19.5 Å². The minimum atomic E-state index is -1.20. The first kappa shape index (κ1) is 14.4. The largest absolute Gasteiger partial charge is 0.508 e. The Bertz CT molecular complexity index is 616. The molecular formula is C15H14F3NO. The van der Waals surface area contributed by atoms with E-state index in [1.54, 1.807) is 24.3 Å². The molecule has 0 aliphatic carbocycles. The van der Waals surface area contributed by atoms with Crippen molar-refractivity contribution in [2.24, 2.45) is 0 Å². The number of aromatic hydroxyl groups is 1. The fraction of sp³-hybridized carbons (Fsp3) is 0.200. The Morgan fingerprint density at radius 3 is 2.45 bits per heavy atom. The Kier molecular flexibility index (Phi) is 4.29. The molecule has 0 radical (unpaired) electrons. The lowest BCUT2D eigenvalue weighted by atomic mass is 10.1. The molecule has 2 aromatic carbocycles. The van der Waals surface area contributed by atoms with Crippen molar-refractivity contribution in [3.05, 3.63) is 65.0 Å². The van der Waals surface area contributed by atoms with Crippen LogP contribution < -0.4 is 5.32 Å². The molecule has 0 saturated carbocycles. The second kappa shape index (κ2) is 5.96. The molecule has 2 nitrogen and oxygen atoms in total. The van der Waals surface area contributed by atoms with Crippen molar-refractivity contribution in [1.29, 1.82) is 0 Å². The monoisotopic (exact) mass is 281 g/mol. The van der Waals surface area contributed by atoms with Gasteiger partial charge in [0, 0.05) is 24.2 Å². The number of phenolic OH excluding ortho intramolecular Hbond substituents is 1. The number of rotatable bonds is 4. The van der Waals surface area contributed by atoms with E-state index in [1.165, 1.54) is 0 Å². The van der Waals surface area contributed by atoms with Gasteiger partial charge in [0.05, 0.1) is 0 Å². The van der Waals surface area contributed by atoms with Crippen LogP contribution in [0.1, 0.15) is 24.1 Å². The van der Waals surface area contributed by atoms with E-state index in [0.717, 1.165) is 11.6 Å². The van der Waals surface area contributed by atoms with Gasteiger partial charge in [-0.3, -0.25) is 0 Å². The predicted octanol–water partition coefficient (Wildman–Crippen LogP) is 3.66. The third-order valence-electron chi connectivity index (χ3n) is 3.06. The van der Waals surface area contributed by atoms with Crippen LogP contribution in [-0.2, 0) is 6.54 Å². The molecule has 20 heavy (non-hydrogen) atoms. The molecule has 1 atom stereocenters. The highest BCUT2D eigenvalue weighted by molar-refractivity contribution is 5.29. The van der Waals surface area contributed by atoms with Gasteiger partial charge in [-0.25, -0.2) is 13.2 Å². The van der Waals surface area contributed by atoms with Crippen LogP contribution in [0, 0.1) is 17.5 Å². The molecule has 2 N–H and O–H groups in total. The summed E-state index contributed by atoms with van der Waals surface area (Å²) in [7, 11) is 0. The van der Waals surface area contributed by atoms with E-state index in [1.807, 2.05) is 6.92 Å². The maximum atomic E-state index is 13.5. The van der Waals surface area contributed by atoms with E-state index >= 15 is 0 Å². The highest BCUT2D eigenvalue weighted by Crippen LogP contribution is 2.19. The topological polar surface area (TPSA) is 32.3 Å². The maximum Gasteiger partial charge on any atom is 0.161 e. The van der Waals surface area contributed by atoms with Crippen molar-refractivity contribution in [2.75, 3.05) is 0 Å². The van der Waals surface area contributed by atoms with Crippen LogP contribution >= 0.6 is 0 Å². The minimum absolute atomic E-state index is 0.0518. The number of hydrogen-bond acceptors (Lipinski definition) is 2. The lowest BCUT2D eigenvalue weighted by molar-refractivity contribution is 0.470. The molecule has 0 fully saturated rings. The van der Waals surface area contributed by atoms with Gasteiger partial charge in [-0.15, -0.1) is 0 Å². The van der Waals surface area contributed by atoms with Crippen LogP contribution in [0.5, 0.6) is 5.75 Å². The Labute approximate surface area is 114 Å². The summed E-state index contributed by atoms with van der Waals surface area (Å²) in [6, 6.07) is 7.83. The van der Waals surface area contributed by atoms with E-state index in [9.17, 15) is 18.3 Å². The van der Waals surface area contributed by atoms with Gasteiger partial charge in [0.15, 0.2) is 11.6 Å². The van der Waals surface area contributed by atoms with Crippen LogP contribution in [-0.4, -0.2) is 5.11 Å². The molecule has 0 heterocycles. The molecule has 0 amide bonds. The number of hydrogen-bond donors (Lipinski definition) is 2. The van der Waals surface area contributed by atoms with Crippen molar-refractivity contribution in [3.8, 4) is 5.75 Å². The second-order valence-corrected chi connectivity index (χ2v) is 4.56. The van der Waals surface area contributed by atoms with Crippen molar-refractivity contribution < 1.29 is 18.3 Å². The Morgan fingerprint density at radius 1 is 1.05 bits per heavy atom. The summed E-state index contributed by atoms with van der Waals surface area (Å²) in [5, 5.41) is 12.4. The SMILES string of the molecule is CC(NCc1cc(F)c(F)cc1F)c1cccc(O)c1. The number of phenols is 1. The standard InChI is InChI=1S/C15H14F3NO/c1-9(10-3-2-4-12(20)5-10)19-8-11-6-14(17)15(18)7-13(11)16/h2-7,9,19-20H,8H2,1H3. The molecule has 1 unspecified atom stereocenters. The summed E-state index contributed by atoms with van der Waals surface area (Å²) in [5.74, 6) is -2.94. The minimum Gasteiger partial charge on any atom is -0.508 e. The smallest absolute Gasteiger partial charge is 0.161 e. The molecule has 0 aromatic heterocycles. The first-order valence-electron chi connectivity index (χ1n) is 6.13. The number of nitrogens with one attached hydrogen (secondary N) is 1. The van der Waals surface area contributed by atoms with Crippen LogP contribution in [0.15, 0.2) is 36.4 Å². The van der Waals surface area contributed by atoms with Crippen LogP contribution in [0.4, 0.5) is 13.2 Å². The molecule has 0 spiro atoms. The van der Waals surface area contributed by atoms with Gasteiger partial charge < -0.3 is 10.4 Å². The quantitative estimate of drug-likeness (QED) is 0.838. The van der Waals surface area contributed by atoms with Gasteiger partial charge in [0.1, 0.15) is 11.6 Å². The van der Waals surface area contributed by atoms with E-state index in [4.69, 9.17) is 0 Å². The molecule has 0 aliphatic heterocycles. The van der Waals surface area contributed by atoms with E-state index in [-0.39, 0.29) is 23.9 Å². The molecular weight excluding hydrogens is 267 g/mol. The molecule has 5 heteroatoms. The molecule has 0 saturated heterocycles.